The molecule has 28 heavy (non-hydrogen) atoms. The van der Waals surface area contributed by atoms with Crippen LogP contribution in [0.4, 0.5) is 0 Å². The lowest BCUT2D eigenvalue weighted by Crippen LogP contribution is -2.45. The van der Waals surface area contributed by atoms with Crippen LogP contribution in [0.15, 0.2) is 82.0 Å². The monoisotopic (exact) mass is 370 g/mol. The van der Waals surface area contributed by atoms with Crippen molar-refractivity contribution in [3.8, 4) is 0 Å². The Morgan fingerprint density at radius 2 is 1.46 bits per heavy atom. The van der Waals surface area contributed by atoms with Gasteiger partial charge in [-0.15, -0.1) is 0 Å². The van der Waals surface area contributed by atoms with Crippen LogP contribution >= 0.6 is 0 Å². The maximum absolute atomic E-state index is 11.7. The second-order valence-electron chi connectivity index (χ2n) is 7.35. The predicted octanol–water partition coefficient (Wildman–Crippen LogP) is 3.94. The van der Waals surface area contributed by atoms with Crippen molar-refractivity contribution < 1.29 is 4.42 Å². The highest BCUT2D eigenvalue weighted by atomic mass is 16.4. The number of nitrogens with zero attached hydrogens (tertiary/aromatic N) is 1. The zero-order valence-corrected chi connectivity index (χ0v) is 15.6. The van der Waals surface area contributed by atoms with Crippen LogP contribution in [0.2, 0.25) is 0 Å². The highest BCUT2D eigenvalue weighted by Gasteiger charge is 2.24. The first kappa shape index (κ1) is 17.2. The van der Waals surface area contributed by atoms with E-state index >= 15 is 0 Å². The van der Waals surface area contributed by atoms with Gasteiger partial charge in [0.2, 0.25) is 0 Å². The zero-order valence-electron chi connectivity index (χ0n) is 15.6. The summed E-state index contributed by atoms with van der Waals surface area (Å²) in [5.74, 6) is 0. The van der Waals surface area contributed by atoms with E-state index in [9.17, 15) is 4.79 Å². The second kappa shape index (κ2) is 7.23. The first-order valence-corrected chi connectivity index (χ1v) is 9.75. The molecule has 3 aromatic carbocycles. The van der Waals surface area contributed by atoms with Gasteiger partial charge in [-0.1, -0.05) is 48.5 Å². The summed E-state index contributed by atoms with van der Waals surface area (Å²) in [5, 5.41) is 6.87. The molecule has 1 unspecified atom stereocenters. The number of hydrogen-bond acceptors (Lipinski definition) is 4. The quantitative estimate of drug-likeness (QED) is 0.555. The Hall–Kier alpha value is -2.95. The number of piperazine rings is 1. The summed E-state index contributed by atoms with van der Waals surface area (Å²) in [6, 6.07) is 24.8. The molecule has 1 atom stereocenters. The molecule has 1 aliphatic rings. The van der Waals surface area contributed by atoms with E-state index in [1.54, 1.807) is 0 Å². The normalized spacial score (nSPS) is 16.4. The lowest BCUT2D eigenvalue weighted by molar-refractivity contribution is 0.198. The standard InChI is InChI=1S/C24H22N2O2/c27-23-10-9-18-6-8-21(16-22(18)28-23)24(26-13-11-25-12-14-26)20-7-5-17-3-1-2-4-19(17)15-20/h1-10,15-16,24-25H,11-14H2. The van der Waals surface area contributed by atoms with Crippen LogP contribution in [0.25, 0.3) is 21.7 Å². The lowest BCUT2D eigenvalue weighted by Gasteiger charge is -2.35. The van der Waals surface area contributed by atoms with Gasteiger partial charge in [0.05, 0.1) is 6.04 Å². The summed E-state index contributed by atoms with van der Waals surface area (Å²) < 4.78 is 5.46. The van der Waals surface area contributed by atoms with Gasteiger partial charge in [0.15, 0.2) is 0 Å². The van der Waals surface area contributed by atoms with Gasteiger partial charge in [0, 0.05) is 37.6 Å². The second-order valence-corrected chi connectivity index (χ2v) is 7.35. The molecule has 4 nitrogen and oxygen atoms in total. The van der Waals surface area contributed by atoms with Gasteiger partial charge < -0.3 is 9.73 Å². The molecule has 0 amide bonds. The van der Waals surface area contributed by atoms with Crippen molar-refractivity contribution in [3.63, 3.8) is 0 Å². The van der Waals surface area contributed by atoms with Gasteiger partial charge in [0.25, 0.3) is 0 Å². The van der Waals surface area contributed by atoms with E-state index < -0.39 is 0 Å². The van der Waals surface area contributed by atoms with E-state index in [-0.39, 0.29) is 11.7 Å². The minimum absolute atomic E-state index is 0.126. The van der Waals surface area contributed by atoms with Crippen LogP contribution < -0.4 is 10.9 Å². The molecule has 1 aromatic heterocycles. The van der Waals surface area contributed by atoms with E-state index in [0.29, 0.717) is 5.58 Å². The highest BCUT2D eigenvalue weighted by molar-refractivity contribution is 5.83. The van der Waals surface area contributed by atoms with Crippen molar-refractivity contribution in [1.82, 2.24) is 10.2 Å². The molecule has 0 radical (unpaired) electrons. The van der Waals surface area contributed by atoms with Gasteiger partial charge in [0.1, 0.15) is 5.58 Å². The SMILES string of the molecule is O=c1ccc2ccc(C(c3ccc4ccccc4c3)N3CCNCC3)cc2o1. The molecular formula is C24H22N2O2. The fourth-order valence-corrected chi connectivity index (χ4v) is 4.18. The van der Waals surface area contributed by atoms with Gasteiger partial charge in [-0.3, -0.25) is 4.90 Å². The van der Waals surface area contributed by atoms with E-state index in [1.807, 2.05) is 18.2 Å². The lowest BCUT2D eigenvalue weighted by atomic mass is 9.94. The van der Waals surface area contributed by atoms with Crippen LogP contribution in [0.3, 0.4) is 0 Å². The summed E-state index contributed by atoms with van der Waals surface area (Å²) in [7, 11) is 0. The van der Waals surface area contributed by atoms with E-state index in [2.05, 4.69) is 58.7 Å². The Balaban J connectivity index is 1.66. The summed E-state index contributed by atoms with van der Waals surface area (Å²) in [6.07, 6.45) is 0. The van der Waals surface area contributed by atoms with Crippen molar-refractivity contribution in [2.45, 2.75) is 6.04 Å². The Labute approximate surface area is 163 Å². The minimum Gasteiger partial charge on any atom is -0.423 e. The zero-order chi connectivity index (χ0) is 18.9. The van der Waals surface area contributed by atoms with Crippen molar-refractivity contribution in [1.29, 1.82) is 0 Å². The first-order chi connectivity index (χ1) is 13.8. The van der Waals surface area contributed by atoms with Gasteiger partial charge in [-0.05, 0) is 40.1 Å². The summed E-state index contributed by atoms with van der Waals surface area (Å²) in [5.41, 5.74) is 2.75. The van der Waals surface area contributed by atoms with Crippen LogP contribution in [0.1, 0.15) is 17.2 Å². The smallest absolute Gasteiger partial charge is 0.336 e. The van der Waals surface area contributed by atoms with Gasteiger partial charge in [-0.2, -0.15) is 0 Å². The van der Waals surface area contributed by atoms with Crippen molar-refractivity contribution in [2.24, 2.45) is 0 Å². The van der Waals surface area contributed by atoms with E-state index in [1.165, 1.54) is 22.4 Å². The third kappa shape index (κ3) is 3.21. The molecule has 140 valence electrons. The molecule has 0 bridgehead atoms. The summed E-state index contributed by atoms with van der Waals surface area (Å²) >= 11 is 0. The Kier molecular flexibility index (Phi) is 4.43. The number of fused-ring (bicyclic) bond motifs is 2. The number of rotatable bonds is 3. The van der Waals surface area contributed by atoms with E-state index in [4.69, 9.17) is 4.42 Å². The first-order valence-electron chi connectivity index (χ1n) is 9.75. The van der Waals surface area contributed by atoms with Gasteiger partial charge >= 0.3 is 5.63 Å². The molecule has 1 aliphatic heterocycles. The molecule has 4 aromatic rings. The summed E-state index contributed by atoms with van der Waals surface area (Å²) in [4.78, 5) is 14.2. The largest absolute Gasteiger partial charge is 0.423 e. The number of hydrogen-bond donors (Lipinski definition) is 1. The Morgan fingerprint density at radius 1 is 0.786 bits per heavy atom. The fraction of sp³-hybridized carbons (Fsp3) is 0.208. The minimum atomic E-state index is -0.311. The van der Waals surface area contributed by atoms with Crippen LogP contribution in [-0.2, 0) is 0 Å². The highest BCUT2D eigenvalue weighted by Crippen LogP contribution is 2.32. The third-order valence-corrected chi connectivity index (χ3v) is 5.57. The molecule has 0 spiro atoms. The summed E-state index contributed by atoms with van der Waals surface area (Å²) in [6.45, 7) is 3.92. The Bertz CT molecular complexity index is 1190. The molecule has 0 saturated carbocycles. The van der Waals surface area contributed by atoms with Crippen LogP contribution in [0, 0.1) is 0 Å². The molecule has 5 rings (SSSR count). The number of nitrogens with one attached hydrogen (secondary N) is 1. The molecule has 1 fully saturated rings. The van der Waals surface area contributed by atoms with Crippen molar-refractivity contribution >= 4 is 21.7 Å². The maximum atomic E-state index is 11.7. The van der Waals surface area contributed by atoms with Crippen LogP contribution in [0.5, 0.6) is 0 Å². The Morgan fingerprint density at radius 3 is 2.29 bits per heavy atom. The molecule has 1 saturated heterocycles. The molecule has 4 heteroatoms. The fourth-order valence-electron chi connectivity index (χ4n) is 4.18. The molecular weight excluding hydrogens is 348 g/mol. The van der Waals surface area contributed by atoms with Gasteiger partial charge in [-0.25, -0.2) is 4.79 Å². The molecule has 2 heterocycles. The van der Waals surface area contributed by atoms with Crippen molar-refractivity contribution in [3.05, 3.63) is 94.3 Å². The maximum Gasteiger partial charge on any atom is 0.336 e. The van der Waals surface area contributed by atoms with Crippen LogP contribution in [-0.4, -0.2) is 31.1 Å². The average Bonchev–Trinajstić information content (AvgIpc) is 2.74. The third-order valence-electron chi connectivity index (χ3n) is 5.57. The topological polar surface area (TPSA) is 45.5 Å². The average molecular weight is 370 g/mol. The molecule has 0 aliphatic carbocycles. The van der Waals surface area contributed by atoms with E-state index in [0.717, 1.165) is 37.1 Å². The molecule has 1 N–H and O–H groups in total. The predicted molar refractivity (Wildman–Crippen MR) is 113 cm³/mol. The number of benzene rings is 3. The van der Waals surface area contributed by atoms with Crippen molar-refractivity contribution in [2.75, 3.05) is 26.2 Å².